The summed E-state index contributed by atoms with van der Waals surface area (Å²) in [5.41, 5.74) is 7.41. The van der Waals surface area contributed by atoms with Crippen molar-refractivity contribution in [3.63, 3.8) is 0 Å². The van der Waals surface area contributed by atoms with E-state index in [2.05, 4.69) is 21.8 Å². The lowest BCUT2D eigenvalue weighted by Crippen LogP contribution is -2.34. The molecule has 2 heterocycles. The molecule has 2 aromatic rings. The van der Waals surface area contributed by atoms with Gasteiger partial charge in [-0.05, 0) is 30.9 Å². The van der Waals surface area contributed by atoms with Crippen molar-refractivity contribution in [3.05, 3.63) is 33.4 Å². The highest BCUT2D eigenvalue weighted by atomic mass is 35.5. The Bertz CT molecular complexity index is 728. The molecule has 0 atom stereocenters. The molecule has 122 valence electrons. The van der Waals surface area contributed by atoms with Crippen LogP contribution in [0.25, 0.3) is 11.1 Å². The molecule has 0 unspecified atom stereocenters. The second-order valence-corrected chi connectivity index (χ2v) is 7.11. The fourth-order valence-corrected chi connectivity index (χ4v) is 3.41. The third kappa shape index (κ3) is 3.49. The van der Waals surface area contributed by atoms with Gasteiger partial charge in [0.25, 0.3) is 0 Å². The maximum absolute atomic E-state index is 6.26. The zero-order valence-corrected chi connectivity index (χ0v) is 15.0. The van der Waals surface area contributed by atoms with Crippen molar-refractivity contribution in [2.24, 2.45) is 5.92 Å². The lowest BCUT2D eigenvalue weighted by Gasteiger charge is -2.30. The van der Waals surface area contributed by atoms with Gasteiger partial charge >= 0.3 is 0 Å². The van der Waals surface area contributed by atoms with E-state index in [0.29, 0.717) is 38.0 Å². The number of nitrogen functional groups attached to an aromatic ring is 1. The molecule has 4 nitrogen and oxygen atoms in total. The molecule has 0 bridgehead atoms. The standard InChI is InChI=1S/C16H17Cl3N4/c1-9-2-4-23(5-3-9)16-21-8-12(15(20)22-16)11-6-10(17)7-13(18)14(11)19/h6-9H,2-5H2,1H3,(H2,20,21,22). The molecule has 7 heteroatoms. The van der Waals surface area contributed by atoms with Gasteiger partial charge in [0.2, 0.25) is 5.95 Å². The molecule has 3 rings (SSSR count). The summed E-state index contributed by atoms with van der Waals surface area (Å²) in [5, 5.41) is 1.26. The van der Waals surface area contributed by atoms with Crippen molar-refractivity contribution in [1.82, 2.24) is 9.97 Å². The number of halogens is 3. The Hall–Kier alpha value is -1.23. The average Bonchev–Trinajstić information content (AvgIpc) is 2.52. The summed E-state index contributed by atoms with van der Waals surface area (Å²) in [6, 6.07) is 3.31. The number of piperidine rings is 1. The topological polar surface area (TPSA) is 55.0 Å². The Labute approximate surface area is 150 Å². The molecule has 1 aliphatic heterocycles. The van der Waals surface area contributed by atoms with E-state index < -0.39 is 0 Å². The van der Waals surface area contributed by atoms with E-state index >= 15 is 0 Å². The smallest absolute Gasteiger partial charge is 0.227 e. The molecule has 1 aromatic heterocycles. The molecule has 0 spiro atoms. The number of hydrogen-bond donors (Lipinski definition) is 1. The second-order valence-electron chi connectivity index (χ2n) is 5.89. The van der Waals surface area contributed by atoms with Gasteiger partial charge in [0, 0.05) is 35.4 Å². The van der Waals surface area contributed by atoms with E-state index in [1.165, 1.54) is 0 Å². The molecular weight excluding hydrogens is 355 g/mol. The molecular formula is C16H17Cl3N4. The van der Waals surface area contributed by atoms with E-state index in [-0.39, 0.29) is 0 Å². The Morgan fingerprint density at radius 1 is 1.13 bits per heavy atom. The van der Waals surface area contributed by atoms with E-state index in [9.17, 15) is 0 Å². The van der Waals surface area contributed by atoms with Crippen LogP contribution in [0.2, 0.25) is 15.1 Å². The lowest BCUT2D eigenvalue weighted by molar-refractivity contribution is 0.434. The molecule has 1 aliphatic rings. The fraction of sp³-hybridized carbons (Fsp3) is 0.375. The van der Waals surface area contributed by atoms with Crippen molar-refractivity contribution in [2.75, 3.05) is 23.7 Å². The third-order valence-corrected chi connectivity index (χ3v) is 5.18. The number of nitrogens with two attached hydrogens (primary N) is 1. The van der Waals surface area contributed by atoms with Gasteiger partial charge in [0.05, 0.1) is 10.0 Å². The minimum absolute atomic E-state index is 0.369. The molecule has 1 aromatic carbocycles. The maximum Gasteiger partial charge on any atom is 0.227 e. The van der Waals surface area contributed by atoms with Gasteiger partial charge in [0.1, 0.15) is 5.82 Å². The van der Waals surface area contributed by atoms with E-state index in [1.807, 2.05) is 0 Å². The Morgan fingerprint density at radius 2 is 1.83 bits per heavy atom. The Kier molecular flexibility index (Phi) is 4.85. The first-order valence-corrected chi connectivity index (χ1v) is 8.61. The van der Waals surface area contributed by atoms with Gasteiger partial charge in [-0.3, -0.25) is 0 Å². The summed E-state index contributed by atoms with van der Waals surface area (Å²) >= 11 is 18.4. The minimum atomic E-state index is 0.369. The van der Waals surface area contributed by atoms with Crippen LogP contribution in [0, 0.1) is 5.92 Å². The van der Waals surface area contributed by atoms with Crippen LogP contribution < -0.4 is 10.6 Å². The van der Waals surface area contributed by atoms with Crippen molar-refractivity contribution in [1.29, 1.82) is 0 Å². The van der Waals surface area contributed by atoms with E-state index in [4.69, 9.17) is 40.5 Å². The predicted molar refractivity (Wildman–Crippen MR) is 97.5 cm³/mol. The molecule has 0 aliphatic carbocycles. The number of rotatable bonds is 2. The summed E-state index contributed by atoms with van der Waals surface area (Å²) in [7, 11) is 0. The summed E-state index contributed by atoms with van der Waals surface area (Å²) in [6.07, 6.45) is 3.96. The number of hydrogen-bond acceptors (Lipinski definition) is 4. The highest BCUT2D eigenvalue weighted by molar-refractivity contribution is 6.45. The van der Waals surface area contributed by atoms with Gasteiger partial charge < -0.3 is 10.6 Å². The van der Waals surface area contributed by atoms with Gasteiger partial charge in [-0.25, -0.2) is 4.98 Å². The Balaban J connectivity index is 1.94. The SMILES string of the molecule is CC1CCN(c2ncc(-c3cc(Cl)cc(Cl)c3Cl)c(N)n2)CC1. The monoisotopic (exact) mass is 370 g/mol. The van der Waals surface area contributed by atoms with Gasteiger partial charge in [-0.2, -0.15) is 4.98 Å². The maximum atomic E-state index is 6.26. The van der Waals surface area contributed by atoms with Crippen LogP contribution in [-0.4, -0.2) is 23.1 Å². The van der Waals surface area contributed by atoms with Crippen LogP contribution in [0.3, 0.4) is 0 Å². The van der Waals surface area contributed by atoms with Crippen molar-refractivity contribution in [2.45, 2.75) is 19.8 Å². The number of anilines is 2. The highest BCUT2D eigenvalue weighted by Crippen LogP contribution is 2.38. The van der Waals surface area contributed by atoms with Crippen LogP contribution in [0.15, 0.2) is 18.3 Å². The molecule has 23 heavy (non-hydrogen) atoms. The normalized spacial score (nSPS) is 15.9. The molecule has 2 N–H and O–H groups in total. The van der Waals surface area contributed by atoms with Crippen LogP contribution in [0.1, 0.15) is 19.8 Å². The fourth-order valence-electron chi connectivity index (χ4n) is 2.71. The molecule has 1 fully saturated rings. The zero-order valence-electron chi connectivity index (χ0n) is 12.7. The molecule has 1 saturated heterocycles. The van der Waals surface area contributed by atoms with Crippen LogP contribution in [-0.2, 0) is 0 Å². The average molecular weight is 372 g/mol. The van der Waals surface area contributed by atoms with Gasteiger partial charge in [-0.15, -0.1) is 0 Å². The highest BCUT2D eigenvalue weighted by Gasteiger charge is 2.20. The summed E-state index contributed by atoms with van der Waals surface area (Å²) in [5.74, 6) is 1.77. The zero-order chi connectivity index (χ0) is 16.6. The summed E-state index contributed by atoms with van der Waals surface area (Å²) < 4.78 is 0. The molecule has 0 amide bonds. The quantitative estimate of drug-likeness (QED) is 0.761. The van der Waals surface area contributed by atoms with Crippen molar-refractivity contribution >= 4 is 46.6 Å². The van der Waals surface area contributed by atoms with Crippen molar-refractivity contribution < 1.29 is 0 Å². The van der Waals surface area contributed by atoms with Crippen LogP contribution in [0.5, 0.6) is 0 Å². The van der Waals surface area contributed by atoms with Gasteiger partial charge in [-0.1, -0.05) is 41.7 Å². The minimum Gasteiger partial charge on any atom is -0.383 e. The predicted octanol–water partition coefficient (Wildman–Crippen LogP) is 4.92. The number of aromatic nitrogens is 2. The van der Waals surface area contributed by atoms with Crippen LogP contribution in [0.4, 0.5) is 11.8 Å². The largest absolute Gasteiger partial charge is 0.383 e. The van der Waals surface area contributed by atoms with E-state index in [1.54, 1.807) is 18.3 Å². The van der Waals surface area contributed by atoms with Gasteiger partial charge in [0.15, 0.2) is 0 Å². The molecule has 0 saturated carbocycles. The first kappa shape index (κ1) is 16.6. The van der Waals surface area contributed by atoms with Crippen LogP contribution >= 0.6 is 34.8 Å². The summed E-state index contributed by atoms with van der Waals surface area (Å²) in [4.78, 5) is 11.1. The lowest BCUT2D eigenvalue weighted by atomic mass is 10.00. The summed E-state index contributed by atoms with van der Waals surface area (Å²) in [6.45, 7) is 4.16. The Morgan fingerprint density at radius 3 is 2.48 bits per heavy atom. The third-order valence-electron chi connectivity index (χ3n) is 4.16. The first-order chi connectivity index (χ1) is 11.0. The molecule has 0 radical (unpaired) electrons. The number of benzene rings is 1. The second kappa shape index (κ2) is 6.71. The number of nitrogens with zero attached hydrogens (tertiary/aromatic N) is 3. The van der Waals surface area contributed by atoms with Crippen molar-refractivity contribution in [3.8, 4) is 11.1 Å². The van der Waals surface area contributed by atoms with E-state index in [0.717, 1.165) is 31.8 Å². The first-order valence-electron chi connectivity index (χ1n) is 7.48.